The van der Waals surface area contributed by atoms with Gasteiger partial charge >= 0.3 is 0 Å². The summed E-state index contributed by atoms with van der Waals surface area (Å²) in [5.74, 6) is 1.01. The zero-order valence-corrected chi connectivity index (χ0v) is 17.2. The minimum Gasteiger partial charge on any atom is -0.507 e. The Morgan fingerprint density at radius 2 is 0.786 bits per heavy atom. The highest BCUT2D eigenvalue weighted by Gasteiger charge is 2.12. The fourth-order valence-corrected chi connectivity index (χ4v) is 3.92. The summed E-state index contributed by atoms with van der Waals surface area (Å²) in [5, 5.41) is 30.6. The van der Waals surface area contributed by atoms with E-state index in [9.17, 15) is 15.3 Å². The molecule has 0 fully saturated rings. The van der Waals surface area contributed by atoms with Crippen LogP contribution in [0.15, 0.2) is 36.4 Å². The summed E-state index contributed by atoms with van der Waals surface area (Å²) in [6.45, 7) is 9.53. The van der Waals surface area contributed by atoms with Gasteiger partial charge in [-0.1, -0.05) is 36.4 Å². The second-order valence-electron chi connectivity index (χ2n) is 7.93. The molecule has 0 saturated carbocycles. The summed E-state index contributed by atoms with van der Waals surface area (Å²) >= 11 is 0. The molecule has 3 aromatic rings. The Bertz CT molecular complexity index is 1000. The van der Waals surface area contributed by atoms with E-state index in [4.69, 9.17) is 0 Å². The summed E-state index contributed by atoms with van der Waals surface area (Å²) in [6.07, 6.45) is 1.35. The molecule has 0 heterocycles. The SMILES string of the molecule is Cc1cc(Cc2cc(C)c(O)c(Cc3cc(C)c(O)c(C)c3)c2)cc(C)c1O. The monoisotopic (exact) mass is 376 g/mol. The van der Waals surface area contributed by atoms with Crippen LogP contribution in [0.2, 0.25) is 0 Å². The first-order valence-electron chi connectivity index (χ1n) is 9.55. The summed E-state index contributed by atoms with van der Waals surface area (Å²) < 4.78 is 0. The van der Waals surface area contributed by atoms with Crippen LogP contribution in [0.5, 0.6) is 17.2 Å². The second kappa shape index (κ2) is 7.59. The number of rotatable bonds is 4. The van der Waals surface area contributed by atoms with Gasteiger partial charge in [-0.2, -0.15) is 0 Å². The molecule has 3 rings (SSSR count). The number of aryl methyl sites for hydroxylation is 5. The third-order valence-electron chi connectivity index (χ3n) is 5.34. The summed E-state index contributed by atoms with van der Waals surface area (Å²) in [5.41, 5.74) is 8.51. The molecule has 0 aliphatic rings. The first-order chi connectivity index (χ1) is 13.2. The normalized spacial score (nSPS) is 11.0. The van der Waals surface area contributed by atoms with Crippen LogP contribution in [-0.4, -0.2) is 15.3 Å². The largest absolute Gasteiger partial charge is 0.507 e. The van der Waals surface area contributed by atoms with Gasteiger partial charge in [0.1, 0.15) is 17.2 Å². The van der Waals surface area contributed by atoms with Gasteiger partial charge < -0.3 is 15.3 Å². The number of aromatic hydroxyl groups is 3. The van der Waals surface area contributed by atoms with E-state index in [2.05, 4.69) is 6.07 Å². The summed E-state index contributed by atoms with van der Waals surface area (Å²) in [7, 11) is 0. The van der Waals surface area contributed by atoms with Crippen molar-refractivity contribution in [2.24, 2.45) is 0 Å². The average molecular weight is 376 g/mol. The molecule has 3 N–H and O–H groups in total. The van der Waals surface area contributed by atoms with Crippen LogP contribution >= 0.6 is 0 Å². The highest BCUT2D eigenvalue weighted by molar-refractivity contribution is 5.50. The fourth-order valence-electron chi connectivity index (χ4n) is 3.92. The molecule has 0 aliphatic carbocycles. The molecule has 0 bridgehead atoms. The van der Waals surface area contributed by atoms with Crippen molar-refractivity contribution in [3.05, 3.63) is 86.5 Å². The van der Waals surface area contributed by atoms with Crippen LogP contribution in [0.1, 0.15) is 50.1 Å². The lowest BCUT2D eigenvalue weighted by molar-refractivity contribution is 0.464. The third-order valence-corrected chi connectivity index (χ3v) is 5.34. The molecule has 3 nitrogen and oxygen atoms in total. The number of hydrogen-bond donors (Lipinski definition) is 3. The van der Waals surface area contributed by atoms with Gasteiger partial charge in [0.25, 0.3) is 0 Å². The Hall–Kier alpha value is -2.94. The first kappa shape index (κ1) is 19.8. The predicted octanol–water partition coefficient (Wildman–Crippen LogP) is 5.53. The number of phenolic OH excluding ortho intramolecular Hbond substituents is 3. The van der Waals surface area contributed by atoms with Crippen LogP contribution in [0, 0.1) is 34.6 Å². The lowest BCUT2D eigenvalue weighted by Gasteiger charge is -2.14. The Balaban J connectivity index is 1.95. The van der Waals surface area contributed by atoms with Gasteiger partial charge in [-0.25, -0.2) is 0 Å². The van der Waals surface area contributed by atoms with Gasteiger partial charge in [-0.15, -0.1) is 0 Å². The smallest absolute Gasteiger partial charge is 0.122 e. The van der Waals surface area contributed by atoms with Crippen LogP contribution in [0.4, 0.5) is 0 Å². The van der Waals surface area contributed by atoms with E-state index in [1.54, 1.807) is 0 Å². The molecular weight excluding hydrogens is 348 g/mol. The Kier molecular flexibility index (Phi) is 5.37. The molecule has 0 amide bonds. The average Bonchev–Trinajstić information content (AvgIpc) is 2.61. The third kappa shape index (κ3) is 3.99. The number of phenols is 3. The number of hydrogen-bond acceptors (Lipinski definition) is 3. The van der Waals surface area contributed by atoms with Crippen LogP contribution in [0.25, 0.3) is 0 Å². The van der Waals surface area contributed by atoms with Crippen molar-refractivity contribution < 1.29 is 15.3 Å². The number of benzene rings is 3. The lowest BCUT2D eigenvalue weighted by Crippen LogP contribution is -1.97. The first-order valence-corrected chi connectivity index (χ1v) is 9.55. The Labute approximate surface area is 166 Å². The van der Waals surface area contributed by atoms with Gasteiger partial charge in [0.15, 0.2) is 0 Å². The molecule has 0 aliphatic heterocycles. The molecule has 0 unspecified atom stereocenters. The van der Waals surface area contributed by atoms with E-state index in [1.165, 1.54) is 0 Å². The van der Waals surface area contributed by atoms with Crippen molar-refractivity contribution >= 4 is 0 Å². The van der Waals surface area contributed by atoms with Crippen LogP contribution in [-0.2, 0) is 12.8 Å². The standard InChI is InChI=1S/C25H28O3/c1-14-6-19(7-15(2)23(14)26)11-21-10-18(5)25(28)22(13-21)12-20-8-16(3)24(27)17(4)9-20/h6-10,13,26-28H,11-12H2,1-5H3. The quantitative estimate of drug-likeness (QED) is 0.561. The zero-order chi connectivity index (χ0) is 20.6. The predicted molar refractivity (Wildman–Crippen MR) is 114 cm³/mol. The van der Waals surface area contributed by atoms with Crippen molar-refractivity contribution in [1.29, 1.82) is 0 Å². The lowest BCUT2D eigenvalue weighted by atomic mass is 9.93. The van der Waals surface area contributed by atoms with Gasteiger partial charge in [0, 0.05) is 6.42 Å². The van der Waals surface area contributed by atoms with E-state index >= 15 is 0 Å². The van der Waals surface area contributed by atoms with E-state index < -0.39 is 0 Å². The van der Waals surface area contributed by atoms with Crippen molar-refractivity contribution in [3.8, 4) is 17.2 Å². The Morgan fingerprint density at radius 3 is 1.21 bits per heavy atom. The minimum atomic E-state index is 0.324. The molecule has 28 heavy (non-hydrogen) atoms. The van der Waals surface area contributed by atoms with E-state index in [0.717, 1.165) is 56.5 Å². The fraction of sp³-hybridized carbons (Fsp3) is 0.280. The van der Waals surface area contributed by atoms with E-state index in [-0.39, 0.29) is 0 Å². The topological polar surface area (TPSA) is 60.7 Å². The van der Waals surface area contributed by atoms with Crippen molar-refractivity contribution in [2.45, 2.75) is 47.5 Å². The molecule has 0 aromatic heterocycles. The zero-order valence-electron chi connectivity index (χ0n) is 17.2. The van der Waals surface area contributed by atoms with Gasteiger partial charge in [-0.05, 0) is 91.1 Å². The minimum absolute atomic E-state index is 0.324. The molecule has 146 valence electrons. The highest BCUT2D eigenvalue weighted by atomic mass is 16.3. The van der Waals surface area contributed by atoms with E-state index in [1.807, 2.05) is 65.0 Å². The molecule has 3 aromatic carbocycles. The maximum absolute atomic E-state index is 10.6. The van der Waals surface area contributed by atoms with Crippen molar-refractivity contribution in [3.63, 3.8) is 0 Å². The summed E-state index contributed by atoms with van der Waals surface area (Å²) in [6, 6.07) is 12.0. The van der Waals surface area contributed by atoms with Crippen LogP contribution in [0.3, 0.4) is 0 Å². The van der Waals surface area contributed by atoms with Gasteiger partial charge in [0.2, 0.25) is 0 Å². The molecule has 3 heteroatoms. The summed E-state index contributed by atoms with van der Waals surface area (Å²) in [4.78, 5) is 0. The van der Waals surface area contributed by atoms with Gasteiger partial charge in [0.05, 0.1) is 0 Å². The van der Waals surface area contributed by atoms with E-state index in [0.29, 0.717) is 23.7 Å². The molecular formula is C25H28O3. The van der Waals surface area contributed by atoms with Crippen molar-refractivity contribution in [2.75, 3.05) is 0 Å². The molecule has 0 atom stereocenters. The highest BCUT2D eigenvalue weighted by Crippen LogP contribution is 2.31. The van der Waals surface area contributed by atoms with Gasteiger partial charge in [-0.3, -0.25) is 0 Å². The molecule has 0 spiro atoms. The molecule has 0 radical (unpaired) electrons. The maximum atomic E-state index is 10.6. The second-order valence-corrected chi connectivity index (χ2v) is 7.93. The van der Waals surface area contributed by atoms with Crippen molar-refractivity contribution in [1.82, 2.24) is 0 Å². The Morgan fingerprint density at radius 1 is 0.464 bits per heavy atom. The maximum Gasteiger partial charge on any atom is 0.122 e. The molecule has 0 saturated heterocycles. The van der Waals surface area contributed by atoms with Crippen LogP contribution < -0.4 is 0 Å².